The van der Waals surface area contributed by atoms with E-state index in [0.717, 1.165) is 61.4 Å². The Labute approximate surface area is 208 Å². The van der Waals surface area contributed by atoms with E-state index in [4.69, 9.17) is 9.47 Å². The second-order valence-electron chi connectivity index (χ2n) is 9.01. The number of hydrogen-bond donors (Lipinski definition) is 1. The fourth-order valence-corrected chi connectivity index (χ4v) is 4.29. The Morgan fingerprint density at radius 1 is 0.861 bits per heavy atom. The normalized spacial score (nSPS) is 13.9. The minimum absolute atomic E-state index is 0.137. The Morgan fingerprint density at radius 2 is 1.50 bits per heavy atom. The first-order chi connectivity index (χ1) is 17.2. The molecular formula is C28H29F3N2O3. The molecule has 0 spiro atoms. The highest BCUT2D eigenvalue weighted by atomic mass is 19.4. The van der Waals surface area contributed by atoms with Crippen LogP contribution in [0, 0.1) is 13.8 Å². The molecule has 0 aromatic heterocycles. The molecule has 0 aliphatic carbocycles. The van der Waals surface area contributed by atoms with Crippen molar-refractivity contribution >= 4 is 17.3 Å². The number of nitrogens with zero attached hydrogens (tertiary/aromatic N) is 1. The molecule has 1 amide bonds. The molecule has 3 aromatic carbocycles. The molecule has 5 nitrogen and oxygen atoms in total. The van der Waals surface area contributed by atoms with Gasteiger partial charge in [-0.05, 0) is 98.8 Å². The van der Waals surface area contributed by atoms with E-state index < -0.39 is 17.6 Å². The van der Waals surface area contributed by atoms with Crippen molar-refractivity contribution in [1.29, 1.82) is 0 Å². The molecule has 3 aromatic rings. The maximum atomic E-state index is 13.3. The average Bonchev–Trinajstić information content (AvgIpc) is 2.83. The van der Waals surface area contributed by atoms with Crippen LogP contribution in [0.15, 0.2) is 60.7 Å². The number of aryl methyl sites for hydroxylation is 2. The van der Waals surface area contributed by atoms with E-state index in [0.29, 0.717) is 17.2 Å². The van der Waals surface area contributed by atoms with Gasteiger partial charge in [0.15, 0.2) is 6.61 Å². The molecule has 0 unspecified atom stereocenters. The third-order valence-corrected chi connectivity index (χ3v) is 5.92. The van der Waals surface area contributed by atoms with Crippen LogP contribution < -0.4 is 19.7 Å². The molecule has 1 N–H and O–H groups in total. The van der Waals surface area contributed by atoms with Gasteiger partial charge in [-0.3, -0.25) is 4.79 Å². The third-order valence-electron chi connectivity index (χ3n) is 5.92. The number of alkyl halides is 3. The molecule has 0 saturated carbocycles. The van der Waals surface area contributed by atoms with Crippen molar-refractivity contribution in [3.8, 4) is 17.2 Å². The second kappa shape index (κ2) is 10.9. The molecule has 0 atom stereocenters. The summed E-state index contributed by atoms with van der Waals surface area (Å²) in [6, 6.07) is 16.2. The number of amides is 1. The Kier molecular flexibility index (Phi) is 7.72. The second-order valence-corrected chi connectivity index (χ2v) is 9.01. The molecule has 36 heavy (non-hydrogen) atoms. The van der Waals surface area contributed by atoms with Gasteiger partial charge in [0.2, 0.25) is 0 Å². The van der Waals surface area contributed by atoms with E-state index in [2.05, 4.69) is 11.4 Å². The van der Waals surface area contributed by atoms with Crippen molar-refractivity contribution in [2.45, 2.75) is 39.3 Å². The molecule has 4 rings (SSSR count). The summed E-state index contributed by atoms with van der Waals surface area (Å²) in [4.78, 5) is 14.6. The number of benzene rings is 3. The van der Waals surface area contributed by atoms with Crippen LogP contribution in [0.3, 0.4) is 0 Å². The van der Waals surface area contributed by atoms with Gasteiger partial charge < -0.3 is 19.7 Å². The first-order valence-corrected chi connectivity index (χ1v) is 11.9. The molecule has 1 aliphatic heterocycles. The van der Waals surface area contributed by atoms with E-state index in [1.165, 1.54) is 6.07 Å². The van der Waals surface area contributed by atoms with Gasteiger partial charge in [0, 0.05) is 13.1 Å². The van der Waals surface area contributed by atoms with Crippen LogP contribution in [-0.4, -0.2) is 25.6 Å². The third kappa shape index (κ3) is 6.71. The number of hydrogen-bond acceptors (Lipinski definition) is 4. The number of ether oxygens (including phenoxy) is 2. The maximum absolute atomic E-state index is 13.3. The van der Waals surface area contributed by atoms with Crippen molar-refractivity contribution in [2.24, 2.45) is 0 Å². The Morgan fingerprint density at radius 3 is 2.14 bits per heavy atom. The predicted octanol–water partition coefficient (Wildman–Crippen LogP) is 7.12. The van der Waals surface area contributed by atoms with Crippen LogP contribution in [0.2, 0.25) is 0 Å². The summed E-state index contributed by atoms with van der Waals surface area (Å²) in [6.07, 6.45) is -1.50. The number of rotatable bonds is 7. The van der Waals surface area contributed by atoms with Gasteiger partial charge >= 0.3 is 6.18 Å². The number of anilines is 2. The van der Waals surface area contributed by atoms with Crippen molar-refractivity contribution in [3.63, 3.8) is 0 Å². The Hall–Kier alpha value is -3.68. The summed E-state index contributed by atoms with van der Waals surface area (Å²) in [5.74, 6) is 1.25. The lowest BCUT2D eigenvalue weighted by Gasteiger charge is -2.31. The lowest BCUT2D eigenvalue weighted by molar-refractivity contribution is -0.137. The fourth-order valence-electron chi connectivity index (χ4n) is 4.29. The molecule has 1 heterocycles. The van der Waals surface area contributed by atoms with Crippen LogP contribution >= 0.6 is 0 Å². The van der Waals surface area contributed by atoms with Crippen molar-refractivity contribution < 1.29 is 27.4 Å². The molecule has 8 heteroatoms. The van der Waals surface area contributed by atoms with E-state index in [1.54, 1.807) is 24.3 Å². The van der Waals surface area contributed by atoms with Gasteiger partial charge in [0.1, 0.15) is 17.2 Å². The minimum Gasteiger partial charge on any atom is -0.484 e. The van der Waals surface area contributed by atoms with Crippen LogP contribution in [0.1, 0.15) is 36.0 Å². The standard InChI is InChI=1S/C28H29F3N2O3/c1-19-14-20(2)16-24(15-19)36-23-9-7-22(8-10-23)35-18-27(34)32-25-17-21(28(29,30)31)6-11-26(25)33-12-4-3-5-13-33/h6-11,14-17H,3-5,12-13,18H2,1-2H3,(H,32,34). The highest BCUT2D eigenvalue weighted by molar-refractivity contribution is 5.95. The first kappa shape index (κ1) is 25.4. The zero-order valence-corrected chi connectivity index (χ0v) is 20.3. The molecule has 1 saturated heterocycles. The van der Waals surface area contributed by atoms with Gasteiger partial charge in [-0.2, -0.15) is 13.2 Å². The molecule has 0 radical (unpaired) electrons. The highest BCUT2D eigenvalue weighted by Crippen LogP contribution is 2.36. The zero-order valence-electron chi connectivity index (χ0n) is 20.3. The van der Waals surface area contributed by atoms with Gasteiger partial charge in [-0.1, -0.05) is 6.07 Å². The summed E-state index contributed by atoms with van der Waals surface area (Å²) in [5.41, 5.74) is 2.11. The Balaban J connectivity index is 1.39. The molecular weight excluding hydrogens is 469 g/mol. The molecule has 190 valence electrons. The summed E-state index contributed by atoms with van der Waals surface area (Å²) < 4.78 is 51.3. The summed E-state index contributed by atoms with van der Waals surface area (Å²) in [5, 5.41) is 2.61. The molecule has 1 fully saturated rings. The quantitative estimate of drug-likeness (QED) is 0.377. The largest absolute Gasteiger partial charge is 0.484 e. The van der Waals surface area contributed by atoms with Crippen LogP contribution in [0.4, 0.5) is 24.5 Å². The van der Waals surface area contributed by atoms with Crippen molar-refractivity contribution in [1.82, 2.24) is 0 Å². The lowest BCUT2D eigenvalue weighted by Crippen LogP contribution is -2.31. The average molecular weight is 499 g/mol. The summed E-state index contributed by atoms with van der Waals surface area (Å²) >= 11 is 0. The van der Waals surface area contributed by atoms with E-state index in [1.807, 2.05) is 30.9 Å². The fraction of sp³-hybridized carbons (Fsp3) is 0.321. The monoisotopic (exact) mass is 498 g/mol. The van der Waals surface area contributed by atoms with Crippen LogP contribution in [0.25, 0.3) is 0 Å². The Bertz CT molecular complexity index is 1180. The topological polar surface area (TPSA) is 50.8 Å². The van der Waals surface area contributed by atoms with Gasteiger partial charge in [0.05, 0.1) is 16.9 Å². The number of halogens is 3. The number of nitrogens with one attached hydrogen (secondary N) is 1. The SMILES string of the molecule is Cc1cc(C)cc(Oc2ccc(OCC(=O)Nc3cc(C(F)(F)F)ccc3N3CCCCC3)cc2)c1. The maximum Gasteiger partial charge on any atom is 0.416 e. The van der Waals surface area contributed by atoms with E-state index in [-0.39, 0.29) is 12.3 Å². The predicted molar refractivity (Wildman–Crippen MR) is 134 cm³/mol. The number of carbonyl (C=O) groups is 1. The zero-order chi connectivity index (χ0) is 25.7. The smallest absolute Gasteiger partial charge is 0.416 e. The van der Waals surface area contributed by atoms with E-state index in [9.17, 15) is 18.0 Å². The van der Waals surface area contributed by atoms with Crippen LogP contribution in [0.5, 0.6) is 17.2 Å². The van der Waals surface area contributed by atoms with Crippen molar-refractivity contribution in [2.75, 3.05) is 29.9 Å². The lowest BCUT2D eigenvalue weighted by atomic mass is 10.1. The van der Waals surface area contributed by atoms with Crippen LogP contribution in [-0.2, 0) is 11.0 Å². The van der Waals surface area contributed by atoms with E-state index >= 15 is 0 Å². The number of carbonyl (C=O) groups excluding carboxylic acids is 1. The van der Waals surface area contributed by atoms with Gasteiger partial charge in [0.25, 0.3) is 5.91 Å². The highest BCUT2D eigenvalue weighted by Gasteiger charge is 2.32. The molecule has 0 bridgehead atoms. The van der Waals surface area contributed by atoms with Gasteiger partial charge in [-0.15, -0.1) is 0 Å². The first-order valence-electron chi connectivity index (χ1n) is 11.9. The summed E-state index contributed by atoms with van der Waals surface area (Å²) in [7, 11) is 0. The number of piperidine rings is 1. The molecule has 1 aliphatic rings. The summed E-state index contributed by atoms with van der Waals surface area (Å²) in [6.45, 7) is 5.13. The van der Waals surface area contributed by atoms with Gasteiger partial charge in [-0.25, -0.2) is 0 Å². The van der Waals surface area contributed by atoms with Crippen molar-refractivity contribution in [3.05, 3.63) is 77.4 Å². The minimum atomic E-state index is -4.50.